The van der Waals surface area contributed by atoms with E-state index in [1.807, 2.05) is 6.92 Å². The molecule has 2 rings (SSSR count). The van der Waals surface area contributed by atoms with E-state index in [2.05, 4.69) is 5.32 Å². The Kier molecular flexibility index (Phi) is 6.02. The summed E-state index contributed by atoms with van der Waals surface area (Å²) in [6.45, 7) is 1.60. The van der Waals surface area contributed by atoms with Gasteiger partial charge in [0.05, 0.1) is 10.7 Å². The first kappa shape index (κ1) is 17.8. The van der Waals surface area contributed by atoms with Crippen LogP contribution in [0.3, 0.4) is 0 Å². The fourth-order valence-corrected chi connectivity index (χ4v) is 2.43. The number of rotatable bonds is 6. The van der Waals surface area contributed by atoms with Crippen molar-refractivity contribution in [1.29, 1.82) is 0 Å². The van der Waals surface area contributed by atoms with Crippen molar-refractivity contribution in [1.82, 2.24) is 0 Å². The molecule has 0 aliphatic carbocycles. The summed E-state index contributed by atoms with van der Waals surface area (Å²) in [4.78, 5) is 0. The monoisotopic (exact) mass is 363 g/mol. The third kappa shape index (κ3) is 4.24. The van der Waals surface area contributed by atoms with Gasteiger partial charge in [0.15, 0.2) is 0 Å². The third-order valence-electron chi connectivity index (χ3n) is 3.05. The van der Waals surface area contributed by atoms with Gasteiger partial charge in [-0.15, -0.1) is 0 Å². The Labute approximate surface area is 142 Å². The van der Waals surface area contributed by atoms with Gasteiger partial charge in [-0.1, -0.05) is 29.3 Å². The molecular formula is C16H14Cl2F3NO. The van der Waals surface area contributed by atoms with Gasteiger partial charge >= 0.3 is 0 Å². The van der Waals surface area contributed by atoms with Crippen molar-refractivity contribution in [3.63, 3.8) is 0 Å². The van der Waals surface area contributed by atoms with Crippen molar-refractivity contribution in [3.05, 3.63) is 46.2 Å². The molecule has 0 saturated carbocycles. The highest BCUT2D eigenvalue weighted by molar-refractivity contribution is 6.43. The Morgan fingerprint density at radius 3 is 2.52 bits per heavy atom. The molecule has 0 aliphatic heterocycles. The number of anilines is 1. The maximum atomic E-state index is 14.1. The molecule has 2 aromatic carbocycles. The highest BCUT2D eigenvalue weighted by Crippen LogP contribution is 2.41. The summed E-state index contributed by atoms with van der Waals surface area (Å²) >= 11 is 11.9. The minimum Gasteiger partial charge on any atom is -0.485 e. The van der Waals surface area contributed by atoms with Crippen LogP contribution in [0.2, 0.25) is 10.0 Å². The molecule has 124 valence electrons. The van der Waals surface area contributed by atoms with Crippen LogP contribution in [0.25, 0.3) is 11.1 Å². The zero-order valence-electron chi connectivity index (χ0n) is 12.2. The van der Waals surface area contributed by atoms with E-state index in [0.29, 0.717) is 23.4 Å². The molecule has 0 saturated heterocycles. The zero-order chi connectivity index (χ0) is 17.0. The third-order valence-corrected chi connectivity index (χ3v) is 3.84. The lowest BCUT2D eigenvalue weighted by Crippen LogP contribution is -2.08. The van der Waals surface area contributed by atoms with Crippen LogP contribution in [0.15, 0.2) is 30.3 Å². The first-order chi connectivity index (χ1) is 10.9. The molecule has 0 spiro atoms. The Balaban J connectivity index is 2.46. The standard InChI is InChI=1S/C16H14Cl2F3NO/c1-2-22-13-6-3-9(7-12(13)19)10-4-5-11(17)15(18)16(10)23-8-14(20)21/h3-7,14,22H,2,8H2,1H3. The quantitative estimate of drug-likeness (QED) is 0.692. The van der Waals surface area contributed by atoms with E-state index in [0.717, 1.165) is 0 Å². The van der Waals surface area contributed by atoms with Gasteiger partial charge in [-0.05, 0) is 36.8 Å². The molecule has 0 atom stereocenters. The summed E-state index contributed by atoms with van der Waals surface area (Å²) in [7, 11) is 0. The molecule has 2 nitrogen and oxygen atoms in total. The molecule has 1 N–H and O–H groups in total. The Morgan fingerprint density at radius 2 is 1.91 bits per heavy atom. The van der Waals surface area contributed by atoms with Crippen molar-refractivity contribution in [2.45, 2.75) is 13.3 Å². The minimum atomic E-state index is -2.66. The van der Waals surface area contributed by atoms with E-state index in [1.165, 1.54) is 12.1 Å². The van der Waals surface area contributed by atoms with E-state index < -0.39 is 18.8 Å². The normalized spacial score (nSPS) is 10.9. The molecule has 0 fully saturated rings. The SMILES string of the molecule is CCNc1ccc(-c2ccc(Cl)c(Cl)c2OCC(F)F)cc1F. The topological polar surface area (TPSA) is 21.3 Å². The second-order valence-electron chi connectivity index (χ2n) is 4.67. The van der Waals surface area contributed by atoms with E-state index in [1.54, 1.807) is 18.2 Å². The van der Waals surface area contributed by atoms with Gasteiger partial charge in [0.2, 0.25) is 0 Å². The van der Waals surface area contributed by atoms with Crippen LogP contribution in [0.5, 0.6) is 5.75 Å². The molecular weight excluding hydrogens is 350 g/mol. The maximum Gasteiger partial charge on any atom is 0.272 e. The lowest BCUT2D eigenvalue weighted by Gasteiger charge is -2.15. The van der Waals surface area contributed by atoms with Crippen molar-refractivity contribution in [3.8, 4) is 16.9 Å². The molecule has 2 aromatic rings. The van der Waals surface area contributed by atoms with E-state index in [4.69, 9.17) is 27.9 Å². The van der Waals surface area contributed by atoms with Gasteiger partial charge in [0.1, 0.15) is 23.2 Å². The average molecular weight is 364 g/mol. The lowest BCUT2D eigenvalue weighted by atomic mass is 10.0. The maximum absolute atomic E-state index is 14.1. The van der Waals surface area contributed by atoms with Crippen LogP contribution in [-0.2, 0) is 0 Å². The highest BCUT2D eigenvalue weighted by atomic mass is 35.5. The fraction of sp³-hybridized carbons (Fsp3) is 0.250. The largest absolute Gasteiger partial charge is 0.485 e. The Bertz CT molecular complexity index is 695. The average Bonchev–Trinajstić information content (AvgIpc) is 2.51. The molecule has 7 heteroatoms. The number of halogens is 5. The van der Waals surface area contributed by atoms with Crippen LogP contribution in [0.1, 0.15) is 6.92 Å². The van der Waals surface area contributed by atoms with Gasteiger partial charge in [-0.3, -0.25) is 0 Å². The molecule has 0 aromatic heterocycles. The highest BCUT2D eigenvalue weighted by Gasteiger charge is 2.17. The predicted molar refractivity (Wildman–Crippen MR) is 87.5 cm³/mol. The Morgan fingerprint density at radius 1 is 1.17 bits per heavy atom. The van der Waals surface area contributed by atoms with Gasteiger partial charge < -0.3 is 10.1 Å². The molecule has 0 bridgehead atoms. The number of hydrogen-bond acceptors (Lipinski definition) is 2. The van der Waals surface area contributed by atoms with Crippen molar-refractivity contribution < 1.29 is 17.9 Å². The van der Waals surface area contributed by atoms with Gasteiger partial charge in [-0.25, -0.2) is 13.2 Å². The summed E-state index contributed by atoms with van der Waals surface area (Å²) < 4.78 is 44.0. The summed E-state index contributed by atoms with van der Waals surface area (Å²) in [6.07, 6.45) is -2.66. The van der Waals surface area contributed by atoms with Crippen LogP contribution >= 0.6 is 23.2 Å². The number of benzene rings is 2. The molecule has 0 amide bonds. The lowest BCUT2D eigenvalue weighted by molar-refractivity contribution is 0.0822. The summed E-state index contributed by atoms with van der Waals surface area (Å²) in [5.41, 5.74) is 1.19. The zero-order valence-corrected chi connectivity index (χ0v) is 13.7. The van der Waals surface area contributed by atoms with Crippen LogP contribution in [-0.4, -0.2) is 19.6 Å². The van der Waals surface area contributed by atoms with E-state index in [-0.39, 0.29) is 15.8 Å². The number of ether oxygens (including phenoxy) is 1. The smallest absolute Gasteiger partial charge is 0.272 e. The summed E-state index contributed by atoms with van der Waals surface area (Å²) in [5, 5.41) is 3.06. The molecule has 0 heterocycles. The molecule has 0 aliphatic rings. The summed E-state index contributed by atoms with van der Waals surface area (Å²) in [5.74, 6) is -0.453. The van der Waals surface area contributed by atoms with Gasteiger partial charge in [0, 0.05) is 12.1 Å². The van der Waals surface area contributed by atoms with E-state index >= 15 is 0 Å². The van der Waals surface area contributed by atoms with Crippen molar-refractivity contribution >= 4 is 28.9 Å². The molecule has 0 unspecified atom stereocenters. The van der Waals surface area contributed by atoms with Crippen molar-refractivity contribution in [2.24, 2.45) is 0 Å². The van der Waals surface area contributed by atoms with Crippen molar-refractivity contribution in [2.75, 3.05) is 18.5 Å². The van der Waals surface area contributed by atoms with Crippen LogP contribution in [0, 0.1) is 5.82 Å². The summed E-state index contributed by atoms with van der Waals surface area (Å²) in [6, 6.07) is 7.55. The first-order valence-electron chi connectivity index (χ1n) is 6.86. The number of hydrogen-bond donors (Lipinski definition) is 1. The van der Waals surface area contributed by atoms with E-state index in [9.17, 15) is 13.2 Å². The van der Waals surface area contributed by atoms with Gasteiger partial charge in [0.25, 0.3) is 6.43 Å². The minimum absolute atomic E-state index is 0.00932. The Hall–Kier alpha value is -1.59. The second kappa shape index (κ2) is 7.79. The van der Waals surface area contributed by atoms with Crippen LogP contribution < -0.4 is 10.1 Å². The van der Waals surface area contributed by atoms with Gasteiger partial charge in [-0.2, -0.15) is 0 Å². The first-order valence-corrected chi connectivity index (χ1v) is 7.62. The van der Waals surface area contributed by atoms with Crippen LogP contribution in [0.4, 0.5) is 18.9 Å². The second-order valence-corrected chi connectivity index (χ2v) is 5.45. The molecule has 23 heavy (non-hydrogen) atoms. The fourth-order valence-electron chi connectivity index (χ4n) is 2.06. The number of nitrogens with one attached hydrogen (secondary N) is 1. The molecule has 0 radical (unpaired) electrons. The predicted octanol–water partition coefficient (Wildman–Crippen LogP) is 5.88. The number of alkyl halides is 2.